The summed E-state index contributed by atoms with van der Waals surface area (Å²) in [6.45, 7) is 1.64. The molecule has 0 atom stereocenters. The Morgan fingerprint density at radius 2 is 2.05 bits per heavy atom. The molecule has 0 spiro atoms. The first-order valence-corrected chi connectivity index (χ1v) is 6.10. The number of nitrogens with zero attached hydrogens (tertiary/aromatic N) is 1. The molecule has 2 aromatic rings. The maximum absolute atomic E-state index is 13.2. The van der Waals surface area contributed by atoms with E-state index >= 15 is 0 Å². The standard InChI is InChI=1S/C14H12ClFN2O2/c1-8-6-10(3-4-12(8)16)20-13-5-2-9(7-11(13)15)14(17)18-19/h2-7,19H,1H3,(H2,17,18). The minimum absolute atomic E-state index is 0.0453. The molecule has 4 nitrogen and oxygen atoms in total. The predicted molar refractivity (Wildman–Crippen MR) is 75.2 cm³/mol. The normalized spacial score (nSPS) is 11.4. The second-order valence-electron chi connectivity index (χ2n) is 4.14. The first-order valence-electron chi connectivity index (χ1n) is 5.72. The van der Waals surface area contributed by atoms with Crippen LogP contribution in [0.15, 0.2) is 41.6 Å². The summed E-state index contributed by atoms with van der Waals surface area (Å²) in [4.78, 5) is 0. The van der Waals surface area contributed by atoms with Gasteiger partial charge in [0.05, 0.1) is 5.02 Å². The van der Waals surface area contributed by atoms with E-state index in [0.29, 0.717) is 27.6 Å². The van der Waals surface area contributed by atoms with Crippen molar-refractivity contribution in [1.82, 2.24) is 0 Å². The minimum Gasteiger partial charge on any atom is -0.456 e. The van der Waals surface area contributed by atoms with Gasteiger partial charge in [0, 0.05) is 5.56 Å². The van der Waals surface area contributed by atoms with E-state index in [1.54, 1.807) is 25.1 Å². The topological polar surface area (TPSA) is 67.8 Å². The third-order valence-electron chi connectivity index (χ3n) is 2.69. The lowest BCUT2D eigenvalue weighted by molar-refractivity contribution is 0.318. The number of oxime groups is 1. The summed E-state index contributed by atoms with van der Waals surface area (Å²) in [5.74, 6) is 0.524. The number of nitrogens with two attached hydrogens (primary N) is 1. The zero-order chi connectivity index (χ0) is 14.7. The van der Waals surface area contributed by atoms with Crippen LogP contribution < -0.4 is 10.5 Å². The lowest BCUT2D eigenvalue weighted by atomic mass is 10.2. The molecule has 0 aliphatic rings. The fraction of sp³-hybridized carbons (Fsp3) is 0.0714. The zero-order valence-corrected chi connectivity index (χ0v) is 11.4. The summed E-state index contributed by atoms with van der Waals surface area (Å²) < 4.78 is 18.7. The smallest absolute Gasteiger partial charge is 0.170 e. The molecule has 6 heteroatoms. The van der Waals surface area contributed by atoms with Gasteiger partial charge in [0.2, 0.25) is 0 Å². The largest absolute Gasteiger partial charge is 0.456 e. The lowest BCUT2D eigenvalue weighted by Gasteiger charge is -2.09. The predicted octanol–water partition coefficient (Wildman–Crippen LogP) is 3.67. The van der Waals surface area contributed by atoms with Crippen LogP contribution in [0.5, 0.6) is 11.5 Å². The molecule has 0 heterocycles. The first-order chi connectivity index (χ1) is 9.51. The van der Waals surface area contributed by atoms with Crippen LogP contribution in [-0.4, -0.2) is 11.0 Å². The SMILES string of the molecule is Cc1cc(Oc2ccc(/C(N)=N/O)cc2Cl)ccc1F. The van der Waals surface area contributed by atoms with Crippen LogP contribution in [0.2, 0.25) is 5.02 Å². The molecule has 0 aliphatic carbocycles. The summed E-state index contributed by atoms with van der Waals surface area (Å²) in [5, 5.41) is 11.8. The Morgan fingerprint density at radius 1 is 1.30 bits per heavy atom. The molecule has 2 aromatic carbocycles. The highest BCUT2D eigenvalue weighted by Gasteiger charge is 2.08. The van der Waals surface area contributed by atoms with E-state index in [0.717, 1.165) is 0 Å². The average Bonchev–Trinajstić information content (AvgIpc) is 2.44. The lowest BCUT2D eigenvalue weighted by Crippen LogP contribution is -2.12. The van der Waals surface area contributed by atoms with Crippen LogP contribution >= 0.6 is 11.6 Å². The Morgan fingerprint density at radius 3 is 2.65 bits per heavy atom. The van der Waals surface area contributed by atoms with Crippen molar-refractivity contribution in [3.63, 3.8) is 0 Å². The van der Waals surface area contributed by atoms with Crippen molar-refractivity contribution in [3.8, 4) is 11.5 Å². The Hall–Kier alpha value is -2.27. The summed E-state index contributed by atoms with van der Waals surface area (Å²) in [6.07, 6.45) is 0. The fourth-order valence-corrected chi connectivity index (χ4v) is 1.83. The van der Waals surface area contributed by atoms with Crippen molar-refractivity contribution in [2.75, 3.05) is 0 Å². The molecule has 0 aromatic heterocycles. The Balaban J connectivity index is 2.28. The Bertz CT molecular complexity index is 674. The summed E-state index contributed by atoms with van der Waals surface area (Å²) >= 11 is 6.06. The van der Waals surface area contributed by atoms with Gasteiger partial charge in [-0.3, -0.25) is 0 Å². The Labute approximate surface area is 120 Å². The minimum atomic E-state index is -0.300. The van der Waals surface area contributed by atoms with Crippen molar-refractivity contribution in [1.29, 1.82) is 0 Å². The van der Waals surface area contributed by atoms with Gasteiger partial charge < -0.3 is 15.7 Å². The van der Waals surface area contributed by atoms with Gasteiger partial charge in [0.25, 0.3) is 0 Å². The molecular formula is C14H12ClFN2O2. The highest BCUT2D eigenvalue weighted by molar-refractivity contribution is 6.32. The van der Waals surface area contributed by atoms with Gasteiger partial charge in [-0.25, -0.2) is 4.39 Å². The van der Waals surface area contributed by atoms with Crippen LogP contribution in [0.25, 0.3) is 0 Å². The molecule has 0 bridgehead atoms. The van der Waals surface area contributed by atoms with Crippen LogP contribution in [-0.2, 0) is 0 Å². The number of hydrogen-bond acceptors (Lipinski definition) is 3. The number of hydrogen-bond donors (Lipinski definition) is 2. The molecule has 20 heavy (non-hydrogen) atoms. The molecule has 0 radical (unpaired) electrons. The van der Waals surface area contributed by atoms with E-state index in [1.807, 2.05) is 0 Å². The van der Waals surface area contributed by atoms with E-state index in [-0.39, 0.29) is 11.7 Å². The third-order valence-corrected chi connectivity index (χ3v) is 2.99. The fourth-order valence-electron chi connectivity index (χ4n) is 1.61. The monoisotopic (exact) mass is 294 g/mol. The van der Waals surface area contributed by atoms with Gasteiger partial charge >= 0.3 is 0 Å². The van der Waals surface area contributed by atoms with E-state index in [9.17, 15) is 4.39 Å². The van der Waals surface area contributed by atoms with E-state index < -0.39 is 0 Å². The van der Waals surface area contributed by atoms with Crippen molar-refractivity contribution < 1.29 is 14.3 Å². The van der Waals surface area contributed by atoms with Gasteiger partial charge in [-0.2, -0.15) is 0 Å². The number of halogens is 2. The van der Waals surface area contributed by atoms with Crippen molar-refractivity contribution >= 4 is 17.4 Å². The molecule has 0 unspecified atom stereocenters. The van der Waals surface area contributed by atoms with Gasteiger partial charge in [-0.1, -0.05) is 16.8 Å². The molecule has 0 aliphatic heterocycles. The van der Waals surface area contributed by atoms with Crippen molar-refractivity contribution in [3.05, 3.63) is 58.4 Å². The molecule has 0 saturated heterocycles. The van der Waals surface area contributed by atoms with E-state index in [2.05, 4.69) is 5.16 Å². The van der Waals surface area contributed by atoms with Gasteiger partial charge in [-0.05, 0) is 48.9 Å². The average molecular weight is 295 g/mol. The number of rotatable bonds is 3. The number of benzene rings is 2. The van der Waals surface area contributed by atoms with E-state index in [1.165, 1.54) is 18.2 Å². The van der Waals surface area contributed by atoms with Crippen LogP contribution in [0.1, 0.15) is 11.1 Å². The number of amidine groups is 1. The maximum Gasteiger partial charge on any atom is 0.170 e. The third kappa shape index (κ3) is 3.00. The van der Waals surface area contributed by atoms with Crippen LogP contribution in [0.4, 0.5) is 4.39 Å². The number of aryl methyl sites for hydroxylation is 1. The van der Waals surface area contributed by atoms with Crippen LogP contribution in [0.3, 0.4) is 0 Å². The van der Waals surface area contributed by atoms with Crippen molar-refractivity contribution in [2.24, 2.45) is 10.9 Å². The molecule has 0 amide bonds. The van der Waals surface area contributed by atoms with E-state index in [4.69, 9.17) is 27.3 Å². The first kappa shape index (κ1) is 14.1. The Kier molecular flexibility index (Phi) is 4.10. The summed E-state index contributed by atoms with van der Waals surface area (Å²) in [7, 11) is 0. The second kappa shape index (κ2) is 5.79. The summed E-state index contributed by atoms with van der Waals surface area (Å²) in [5.41, 5.74) is 6.41. The molecule has 0 saturated carbocycles. The van der Waals surface area contributed by atoms with Gasteiger partial charge in [0.15, 0.2) is 5.84 Å². The molecular weight excluding hydrogens is 283 g/mol. The maximum atomic E-state index is 13.2. The highest BCUT2D eigenvalue weighted by Crippen LogP contribution is 2.30. The molecule has 2 rings (SSSR count). The zero-order valence-electron chi connectivity index (χ0n) is 10.6. The number of ether oxygens (including phenoxy) is 1. The van der Waals surface area contributed by atoms with Gasteiger partial charge in [0.1, 0.15) is 17.3 Å². The van der Waals surface area contributed by atoms with Crippen LogP contribution in [0, 0.1) is 12.7 Å². The molecule has 104 valence electrons. The molecule has 0 fully saturated rings. The quantitative estimate of drug-likeness (QED) is 0.393. The highest BCUT2D eigenvalue weighted by atomic mass is 35.5. The van der Waals surface area contributed by atoms with Gasteiger partial charge in [-0.15, -0.1) is 0 Å². The summed E-state index contributed by atoms with van der Waals surface area (Å²) in [6, 6.07) is 9.12. The second-order valence-corrected chi connectivity index (χ2v) is 4.55. The molecule has 3 N–H and O–H groups in total. The van der Waals surface area contributed by atoms with Crippen molar-refractivity contribution in [2.45, 2.75) is 6.92 Å².